The molecule has 6 heteroatoms. The lowest BCUT2D eigenvalue weighted by Gasteiger charge is -2.27. The molecule has 98 valence electrons. The molecule has 3 nitrogen and oxygen atoms in total. The number of carbonyl (C=O) groups is 1. The van der Waals surface area contributed by atoms with Gasteiger partial charge >= 0.3 is 0 Å². The second-order valence-corrected chi connectivity index (χ2v) is 5.02. The molecule has 0 aromatic heterocycles. The van der Waals surface area contributed by atoms with Crippen molar-refractivity contribution < 1.29 is 13.6 Å². The van der Waals surface area contributed by atoms with E-state index >= 15 is 0 Å². The standard InChI is InChI=1S/C12H13BrF2N2O/c13-9-7-10(14)8(5-11(9)15)6-12(18)17-3-1-16-2-4-17/h5,7,16H,1-4,6H2. The van der Waals surface area contributed by atoms with Crippen molar-refractivity contribution in [2.75, 3.05) is 26.2 Å². The first-order valence-corrected chi connectivity index (χ1v) is 6.49. The number of benzene rings is 1. The van der Waals surface area contributed by atoms with Crippen molar-refractivity contribution >= 4 is 21.8 Å². The van der Waals surface area contributed by atoms with E-state index in [4.69, 9.17) is 0 Å². The number of hydrogen-bond acceptors (Lipinski definition) is 2. The normalized spacial score (nSPS) is 15.8. The van der Waals surface area contributed by atoms with Crippen molar-refractivity contribution in [3.8, 4) is 0 Å². The Kier molecular flexibility index (Phi) is 4.29. The van der Waals surface area contributed by atoms with Gasteiger partial charge in [-0.2, -0.15) is 0 Å². The summed E-state index contributed by atoms with van der Waals surface area (Å²) in [5.41, 5.74) is 0.0965. The monoisotopic (exact) mass is 318 g/mol. The molecule has 1 saturated heterocycles. The zero-order valence-electron chi connectivity index (χ0n) is 9.68. The van der Waals surface area contributed by atoms with E-state index in [9.17, 15) is 13.6 Å². The summed E-state index contributed by atoms with van der Waals surface area (Å²) in [6.45, 7) is 2.70. The maximum Gasteiger partial charge on any atom is 0.227 e. The number of piperazine rings is 1. The van der Waals surface area contributed by atoms with Crippen molar-refractivity contribution in [2.24, 2.45) is 0 Å². The molecule has 1 fully saturated rings. The van der Waals surface area contributed by atoms with Gasteiger partial charge in [-0.1, -0.05) is 0 Å². The molecule has 1 N–H and O–H groups in total. The Morgan fingerprint density at radius 3 is 2.61 bits per heavy atom. The number of amides is 1. The highest BCUT2D eigenvalue weighted by atomic mass is 79.9. The van der Waals surface area contributed by atoms with Crippen LogP contribution in [-0.4, -0.2) is 37.0 Å². The summed E-state index contributed by atoms with van der Waals surface area (Å²) < 4.78 is 26.9. The summed E-state index contributed by atoms with van der Waals surface area (Å²) >= 11 is 2.90. The van der Waals surface area contributed by atoms with Gasteiger partial charge in [-0.15, -0.1) is 0 Å². The third-order valence-corrected chi connectivity index (χ3v) is 3.51. The molecule has 1 aromatic carbocycles. The summed E-state index contributed by atoms with van der Waals surface area (Å²) in [6.07, 6.45) is -0.101. The fourth-order valence-electron chi connectivity index (χ4n) is 1.89. The van der Waals surface area contributed by atoms with Crippen LogP contribution in [0, 0.1) is 11.6 Å². The van der Waals surface area contributed by atoms with E-state index < -0.39 is 11.6 Å². The van der Waals surface area contributed by atoms with Crippen LogP contribution in [0.4, 0.5) is 8.78 Å². The molecule has 1 amide bonds. The van der Waals surface area contributed by atoms with Crippen LogP contribution in [0.15, 0.2) is 16.6 Å². The zero-order chi connectivity index (χ0) is 13.1. The topological polar surface area (TPSA) is 32.3 Å². The van der Waals surface area contributed by atoms with Gasteiger partial charge in [0.05, 0.1) is 10.9 Å². The van der Waals surface area contributed by atoms with Crippen molar-refractivity contribution in [3.05, 3.63) is 33.8 Å². The lowest BCUT2D eigenvalue weighted by molar-refractivity contribution is -0.131. The van der Waals surface area contributed by atoms with E-state index in [0.29, 0.717) is 13.1 Å². The number of carbonyl (C=O) groups excluding carboxylic acids is 1. The van der Waals surface area contributed by atoms with E-state index in [1.807, 2.05) is 0 Å². The Labute approximate surface area is 112 Å². The number of rotatable bonds is 2. The maximum atomic E-state index is 13.6. The van der Waals surface area contributed by atoms with Crippen molar-refractivity contribution in [1.82, 2.24) is 10.2 Å². The summed E-state index contributed by atoms with van der Waals surface area (Å²) in [4.78, 5) is 13.6. The summed E-state index contributed by atoms with van der Waals surface area (Å²) in [7, 11) is 0. The molecule has 1 aliphatic rings. The largest absolute Gasteiger partial charge is 0.340 e. The summed E-state index contributed by atoms with van der Waals surface area (Å²) in [6, 6.07) is 2.12. The van der Waals surface area contributed by atoms with E-state index in [1.165, 1.54) is 0 Å². The van der Waals surface area contributed by atoms with E-state index in [1.54, 1.807) is 4.90 Å². The SMILES string of the molecule is O=C(Cc1cc(F)c(Br)cc1F)N1CCNCC1. The van der Waals surface area contributed by atoms with Gasteiger partial charge < -0.3 is 10.2 Å². The molecule has 18 heavy (non-hydrogen) atoms. The second-order valence-electron chi connectivity index (χ2n) is 4.17. The van der Waals surface area contributed by atoms with Crippen LogP contribution in [0.3, 0.4) is 0 Å². The fraction of sp³-hybridized carbons (Fsp3) is 0.417. The quantitative estimate of drug-likeness (QED) is 0.842. The van der Waals surface area contributed by atoms with Gasteiger partial charge in [-0.05, 0) is 28.1 Å². The fourth-order valence-corrected chi connectivity index (χ4v) is 2.20. The van der Waals surface area contributed by atoms with Gasteiger partial charge in [0.15, 0.2) is 0 Å². The smallest absolute Gasteiger partial charge is 0.227 e. The maximum absolute atomic E-state index is 13.6. The second kappa shape index (κ2) is 5.75. The van der Waals surface area contributed by atoms with Crippen LogP contribution in [0.1, 0.15) is 5.56 Å². The van der Waals surface area contributed by atoms with Gasteiger partial charge in [0, 0.05) is 31.7 Å². The Morgan fingerprint density at radius 1 is 1.28 bits per heavy atom. The first-order valence-electron chi connectivity index (χ1n) is 5.70. The molecule has 0 radical (unpaired) electrons. The molecule has 0 atom stereocenters. The van der Waals surface area contributed by atoms with E-state index in [0.717, 1.165) is 25.2 Å². The number of nitrogens with one attached hydrogen (secondary N) is 1. The minimum absolute atomic E-state index is 0.0679. The molecule has 0 unspecified atom stereocenters. The predicted octanol–water partition coefficient (Wildman–Crippen LogP) is 1.70. The Bertz CT molecular complexity index is 462. The third-order valence-electron chi connectivity index (χ3n) is 2.90. The highest BCUT2D eigenvalue weighted by molar-refractivity contribution is 9.10. The molecule has 1 aromatic rings. The summed E-state index contributed by atoms with van der Waals surface area (Å²) in [5.74, 6) is -1.29. The Morgan fingerprint density at radius 2 is 1.94 bits per heavy atom. The third kappa shape index (κ3) is 3.05. The lowest BCUT2D eigenvalue weighted by atomic mass is 10.1. The van der Waals surface area contributed by atoms with Crippen molar-refractivity contribution in [3.63, 3.8) is 0 Å². The predicted molar refractivity (Wildman–Crippen MR) is 67.2 cm³/mol. The Balaban J connectivity index is 2.08. The number of hydrogen-bond donors (Lipinski definition) is 1. The minimum atomic E-state index is -0.563. The molecular weight excluding hydrogens is 306 g/mol. The van der Waals surface area contributed by atoms with Crippen molar-refractivity contribution in [1.29, 1.82) is 0 Å². The average Bonchev–Trinajstić information content (AvgIpc) is 2.37. The Hall–Kier alpha value is -1.01. The van der Waals surface area contributed by atoms with Crippen molar-refractivity contribution in [2.45, 2.75) is 6.42 Å². The van der Waals surface area contributed by atoms with E-state index in [-0.39, 0.29) is 22.4 Å². The molecular formula is C12H13BrF2N2O. The highest BCUT2D eigenvalue weighted by Gasteiger charge is 2.18. The molecule has 2 rings (SSSR count). The minimum Gasteiger partial charge on any atom is -0.340 e. The number of nitrogens with zero attached hydrogens (tertiary/aromatic N) is 1. The first-order chi connectivity index (χ1) is 8.58. The van der Waals surface area contributed by atoms with Gasteiger partial charge in [0.25, 0.3) is 0 Å². The van der Waals surface area contributed by atoms with Crippen LogP contribution in [0.5, 0.6) is 0 Å². The van der Waals surface area contributed by atoms with Gasteiger partial charge in [-0.3, -0.25) is 4.79 Å². The first kappa shape index (κ1) is 13.4. The van der Waals surface area contributed by atoms with Crippen LogP contribution >= 0.6 is 15.9 Å². The highest BCUT2D eigenvalue weighted by Crippen LogP contribution is 2.20. The van der Waals surface area contributed by atoms with E-state index in [2.05, 4.69) is 21.2 Å². The lowest BCUT2D eigenvalue weighted by Crippen LogP contribution is -2.47. The van der Waals surface area contributed by atoms with Gasteiger partial charge in [0.1, 0.15) is 11.6 Å². The molecule has 1 heterocycles. The summed E-state index contributed by atoms with van der Waals surface area (Å²) in [5, 5.41) is 3.13. The molecule has 0 spiro atoms. The van der Waals surface area contributed by atoms with Gasteiger partial charge in [-0.25, -0.2) is 8.78 Å². The molecule has 1 aliphatic heterocycles. The van der Waals surface area contributed by atoms with Crippen LogP contribution in [-0.2, 0) is 11.2 Å². The number of halogens is 3. The zero-order valence-corrected chi connectivity index (χ0v) is 11.3. The molecule has 0 saturated carbocycles. The molecule has 0 aliphatic carbocycles. The van der Waals surface area contributed by atoms with Crippen LogP contribution in [0.2, 0.25) is 0 Å². The van der Waals surface area contributed by atoms with Crippen LogP contribution in [0.25, 0.3) is 0 Å². The van der Waals surface area contributed by atoms with Gasteiger partial charge in [0.2, 0.25) is 5.91 Å². The average molecular weight is 319 g/mol. The van der Waals surface area contributed by atoms with Crippen LogP contribution < -0.4 is 5.32 Å². The molecule has 0 bridgehead atoms.